The molecule has 0 aromatic heterocycles. The zero-order valence-electron chi connectivity index (χ0n) is 6.73. The first-order valence-corrected chi connectivity index (χ1v) is 8.69. The highest BCUT2D eigenvalue weighted by atomic mass is 33.1. The van der Waals surface area contributed by atoms with E-state index in [9.17, 15) is 0 Å². The van der Waals surface area contributed by atoms with E-state index in [4.69, 9.17) is 4.74 Å². The van der Waals surface area contributed by atoms with Gasteiger partial charge in [0.15, 0.2) is 0 Å². The molecular formula is C7H12OS4. The molecule has 0 amide bonds. The number of hydrogen-bond acceptors (Lipinski definition) is 5. The first kappa shape index (κ1) is 9.90. The molecular weight excluding hydrogens is 228 g/mol. The Balaban J connectivity index is 1.31. The molecule has 0 aliphatic carbocycles. The van der Waals surface area contributed by atoms with Gasteiger partial charge in [-0.25, -0.2) is 0 Å². The van der Waals surface area contributed by atoms with E-state index in [1.54, 1.807) is 0 Å². The number of thioether (sulfide) groups is 2. The van der Waals surface area contributed by atoms with Crippen molar-refractivity contribution in [1.82, 2.24) is 0 Å². The highest BCUT2D eigenvalue weighted by molar-refractivity contribution is 8.78. The van der Waals surface area contributed by atoms with Crippen LogP contribution < -0.4 is 0 Å². The van der Waals surface area contributed by atoms with Gasteiger partial charge in [-0.1, -0.05) is 21.6 Å². The van der Waals surface area contributed by atoms with Gasteiger partial charge >= 0.3 is 0 Å². The van der Waals surface area contributed by atoms with Crippen LogP contribution in [0.3, 0.4) is 0 Å². The third kappa shape index (κ3) is 4.56. The van der Waals surface area contributed by atoms with Crippen LogP contribution in [0.1, 0.15) is 0 Å². The topological polar surface area (TPSA) is 12.5 Å². The summed E-state index contributed by atoms with van der Waals surface area (Å²) >= 11 is 4.17. The highest BCUT2D eigenvalue weighted by Gasteiger charge is 2.23. The second-order valence-electron chi connectivity index (χ2n) is 2.80. The minimum atomic E-state index is 0.589. The number of epoxide rings is 1. The van der Waals surface area contributed by atoms with Crippen LogP contribution in [0.2, 0.25) is 0 Å². The molecule has 0 aromatic carbocycles. The van der Waals surface area contributed by atoms with E-state index in [1.807, 2.05) is 21.6 Å². The monoisotopic (exact) mass is 240 g/mol. The summed E-state index contributed by atoms with van der Waals surface area (Å²) in [6, 6.07) is 0. The van der Waals surface area contributed by atoms with E-state index < -0.39 is 0 Å². The van der Waals surface area contributed by atoms with Crippen LogP contribution in [-0.2, 0) is 4.74 Å². The summed E-state index contributed by atoms with van der Waals surface area (Å²) in [6.07, 6.45) is 0.589. The third-order valence-corrected chi connectivity index (χ3v) is 6.90. The summed E-state index contributed by atoms with van der Waals surface area (Å²) in [7, 11) is 3.94. The van der Waals surface area contributed by atoms with Crippen molar-refractivity contribution in [3.8, 4) is 0 Å². The summed E-state index contributed by atoms with van der Waals surface area (Å²) in [4.78, 5) is 0. The second-order valence-corrected chi connectivity index (χ2v) is 8.04. The zero-order chi connectivity index (χ0) is 8.23. The Morgan fingerprint density at radius 2 is 2.17 bits per heavy atom. The Labute approximate surface area is 89.9 Å². The molecule has 0 bridgehead atoms. The van der Waals surface area contributed by atoms with Crippen molar-refractivity contribution >= 4 is 45.1 Å². The Kier molecular flexibility index (Phi) is 4.37. The molecule has 2 aliphatic heterocycles. The Morgan fingerprint density at radius 3 is 2.83 bits per heavy atom. The maximum atomic E-state index is 5.12. The molecule has 0 saturated carbocycles. The fourth-order valence-electron chi connectivity index (χ4n) is 0.700. The van der Waals surface area contributed by atoms with Gasteiger partial charge in [-0.05, 0) is 0 Å². The lowest BCUT2D eigenvalue weighted by Gasteiger charge is -1.97. The largest absolute Gasteiger partial charge is 0.372 e. The van der Waals surface area contributed by atoms with Crippen molar-refractivity contribution in [3.63, 3.8) is 0 Å². The summed E-state index contributed by atoms with van der Waals surface area (Å²) in [5, 5.41) is 2.24. The van der Waals surface area contributed by atoms with Crippen molar-refractivity contribution in [2.75, 3.05) is 29.0 Å². The summed E-state index contributed by atoms with van der Waals surface area (Å²) in [5.74, 6) is 3.95. The van der Waals surface area contributed by atoms with E-state index in [0.717, 1.165) is 11.9 Å². The van der Waals surface area contributed by atoms with Crippen LogP contribution in [0.4, 0.5) is 0 Å². The van der Waals surface area contributed by atoms with E-state index in [1.165, 1.54) is 22.3 Å². The van der Waals surface area contributed by atoms with Gasteiger partial charge in [-0.3, -0.25) is 0 Å². The predicted molar refractivity (Wildman–Crippen MR) is 63.4 cm³/mol. The lowest BCUT2D eigenvalue weighted by atomic mass is 10.6. The van der Waals surface area contributed by atoms with Gasteiger partial charge in [0.1, 0.15) is 0 Å². The minimum Gasteiger partial charge on any atom is -0.372 e. The lowest BCUT2D eigenvalue weighted by molar-refractivity contribution is 0.426. The zero-order valence-corrected chi connectivity index (χ0v) is 10.00. The van der Waals surface area contributed by atoms with E-state index >= 15 is 0 Å². The average molecular weight is 240 g/mol. The number of rotatable bonds is 7. The van der Waals surface area contributed by atoms with Crippen LogP contribution in [0.5, 0.6) is 0 Å². The summed E-state index contributed by atoms with van der Waals surface area (Å²) in [5.41, 5.74) is 0. The van der Waals surface area contributed by atoms with Gasteiger partial charge < -0.3 is 4.74 Å². The van der Waals surface area contributed by atoms with Gasteiger partial charge in [0.05, 0.1) is 12.7 Å². The van der Waals surface area contributed by atoms with Crippen LogP contribution in [0.15, 0.2) is 0 Å². The van der Waals surface area contributed by atoms with Crippen molar-refractivity contribution in [1.29, 1.82) is 0 Å². The third-order valence-electron chi connectivity index (χ3n) is 1.58. The molecule has 70 valence electrons. The molecule has 2 aliphatic rings. The first-order valence-electron chi connectivity index (χ1n) is 4.00. The van der Waals surface area contributed by atoms with Gasteiger partial charge in [-0.2, -0.15) is 11.8 Å². The van der Waals surface area contributed by atoms with Crippen LogP contribution in [0.25, 0.3) is 0 Å². The first-order chi connectivity index (χ1) is 5.95. The Morgan fingerprint density at radius 1 is 1.33 bits per heavy atom. The van der Waals surface area contributed by atoms with E-state index in [0.29, 0.717) is 6.10 Å². The second kappa shape index (κ2) is 5.29. The molecule has 0 radical (unpaired) electrons. The molecule has 12 heavy (non-hydrogen) atoms. The molecule has 2 heterocycles. The van der Waals surface area contributed by atoms with Crippen molar-refractivity contribution in [2.45, 2.75) is 11.4 Å². The van der Waals surface area contributed by atoms with Crippen LogP contribution >= 0.6 is 45.1 Å². The SMILES string of the molecule is C(SCC1CS1)SSCC1CO1. The molecule has 2 rings (SSSR count). The fourth-order valence-corrected chi connectivity index (χ4v) is 5.50. The van der Waals surface area contributed by atoms with E-state index in [-0.39, 0.29) is 0 Å². The van der Waals surface area contributed by atoms with Crippen LogP contribution in [0, 0.1) is 0 Å². The molecule has 2 unspecified atom stereocenters. The lowest BCUT2D eigenvalue weighted by Crippen LogP contribution is -1.88. The standard InChI is InChI=1S/C7H12OS4/c1-6(8-1)2-11-12-5-9-3-7-4-10-7/h6-7H,1-5H2. The summed E-state index contributed by atoms with van der Waals surface area (Å²) < 4.78 is 5.12. The highest BCUT2D eigenvalue weighted by Crippen LogP contribution is 2.35. The van der Waals surface area contributed by atoms with Crippen molar-refractivity contribution in [2.24, 2.45) is 0 Å². The summed E-state index contributed by atoms with van der Waals surface area (Å²) in [6.45, 7) is 0.999. The molecule has 2 saturated heterocycles. The Bertz CT molecular complexity index is 119. The average Bonchev–Trinajstić information content (AvgIpc) is 2.89. The number of ether oxygens (including phenoxy) is 1. The van der Waals surface area contributed by atoms with Crippen molar-refractivity contribution in [3.05, 3.63) is 0 Å². The van der Waals surface area contributed by atoms with Gasteiger partial charge in [0.2, 0.25) is 0 Å². The Hall–Kier alpha value is 1.36. The minimum absolute atomic E-state index is 0.589. The molecule has 1 nitrogen and oxygen atoms in total. The van der Waals surface area contributed by atoms with Gasteiger partial charge in [0, 0.05) is 27.6 Å². The van der Waals surface area contributed by atoms with Gasteiger partial charge in [0.25, 0.3) is 0 Å². The predicted octanol–water partition coefficient (Wildman–Crippen LogP) is 2.57. The maximum Gasteiger partial charge on any atom is 0.0908 e. The van der Waals surface area contributed by atoms with Gasteiger partial charge in [-0.15, -0.1) is 11.8 Å². The number of hydrogen-bond donors (Lipinski definition) is 0. The normalized spacial score (nSPS) is 32.0. The molecule has 2 atom stereocenters. The van der Waals surface area contributed by atoms with Crippen LogP contribution in [-0.4, -0.2) is 40.3 Å². The maximum absolute atomic E-state index is 5.12. The fraction of sp³-hybridized carbons (Fsp3) is 1.00. The quantitative estimate of drug-likeness (QED) is 0.293. The molecule has 0 N–H and O–H groups in total. The molecule has 0 spiro atoms. The molecule has 5 heteroatoms. The smallest absolute Gasteiger partial charge is 0.0908 e. The van der Waals surface area contributed by atoms with E-state index in [2.05, 4.69) is 23.5 Å². The molecule has 2 fully saturated rings. The van der Waals surface area contributed by atoms with Crippen molar-refractivity contribution < 1.29 is 4.74 Å². The molecule has 0 aromatic rings.